The SMILES string of the molecule is CN=C(CC=N)c1nnc(N2CCC(NC(=O)Nc3ccccc3C(F)(F)F)CC2)c2ccccc12. The smallest absolute Gasteiger partial charge is 0.354 e. The zero-order chi connectivity index (χ0) is 25.7. The molecule has 8 nitrogen and oxygen atoms in total. The molecule has 2 heterocycles. The van der Waals surface area contributed by atoms with Crippen molar-refractivity contribution >= 4 is 40.2 Å². The number of hydrogen-bond donors (Lipinski definition) is 3. The van der Waals surface area contributed by atoms with E-state index < -0.39 is 17.8 Å². The monoisotopic (exact) mass is 497 g/mol. The molecule has 0 atom stereocenters. The van der Waals surface area contributed by atoms with E-state index in [1.807, 2.05) is 24.3 Å². The second kappa shape index (κ2) is 10.7. The van der Waals surface area contributed by atoms with Gasteiger partial charge >= 0.3 is 12.2 Å². The molecular weight excluding hydrogens is 471 g/mol. The number of aromatic nitrogens is 2. The van der Waals surface area contributed by atoms with Gasteiger partial charge < -0.3 is 20.9 Å². The third kappa shape index (κ3) is 5.45. The number of urea groups is 1. The summed E-state index contributed by atoms with van der Waals surface area (Å²) in [6, 6.07) is 11.8. The largest absolute Gasteiger partial charge is 0.418 e. The van der Waals surface area contributed by atoms with Crippen LogP contribution in [0.3, 0.4) is 0 Å². The van der Waals surface area contributed by atoms with Crippen LogP contribution in [-0.4, -0.2) is 54.3 Å². The van der Waals surface area contributed by atoms with E-state index in [-0.39, 0.29) is 11.7 Å². The number of rotatable bonds is 6. The number of piperidine rings is 1. The topological polar surface area (TPSA) is 106 Å². The van der Waals surface area contributed by atoms with E-state index >= 15 is 0 Å². The number of para-hydroxylation sites is 1. The van der Waals surface area contributed by atoms with Gasteiger partial charge in [0.25, 0.3) is 0 Å². The van der Waals surface area contributed by atoms with Crippen molar-refractivity contribution in [2.75, 3.05) is 30.4 Å². The van der Waals surface area contributed by atoms with E-state index in [4.69, 9.17) is 5.41 Å². The number of anilines is 2. The van der Waals surface area contributed by atoms with E-state index in [0.717, 1.165) is 22.7 Å². The van der Waals surface area contributed by atoms with Crippen LogP contribution in [0.15, 0.2) is 53.5 Å². The first kappa shape index (κ1) is 25.1. The average molecular weight is 498 g/mol. The number of alkyl halides is 3. The van der Waals surface area contributed by atoms with Gasteiger partial charge in [-0.1, -0.05) is 36.4 Å². The molecule has 11 heteroatoms. The van der Waals surface area contributed by atoms with Crippen LogP contribution in [-0.2, 0) is 6.18 Å². The van der Waals surface area contributed by atoms with Crippen molar-refractivity contribution in [3.63, 3.8) is 0 Å². The zero-order valence-corrected chi connectivity index (χ0v) is 19.6. The number of carbonyl (C=O) groups is 1. The molecule has 4 rings (SSSR count). The molecule has 1 aromatic heterocycles. The van der Waals surface area contributed by atoms with Crippen molar-refractivity contribution in [2.45, 2.75) is 31.5 Å². The first-order valence-electron chi connectivity index (χ1n) is 11.5. The molecule has 1 fully saturated rings. The number of halogens is 3. The molecule has 0 bridgehead atoms. The number of nitrogens with one attached hydrogen (secondary N) is 3. The lowest BCUT2D eigenvalue weighted by Gasteiger charge is -2.33. The van der Waals surface area contributed by atoms with Crippen molar-refractivity contribution in [2.24, 2.45) is 4.99 Å². The highest BCUT2D eigenvalue weighted by Crippen LogP contribution is 2.34. The summed E-state index contributed by atoms with van der Waals surface area (Å²) in [5.74, 6) is 0.724. The minimum Gasteiger partial charge on any atom is -0.354 e. The van der Waals surface area contributed by atoms with Crippen LogP contribution < -0.4 is 15.5 Å². The number of hydrogen-bond acceptors (Lipinski definition) is 6. The molecule has 0 radical (unpaired) electrons. The highest BCUT2D eigenvalue weighted by Gasteiger charge is 2.34. The molecule has 1 aliphatic rings. The van der Waals surface area contributed by atoms with Crippen molar-refractivity contribution in [3.8, 4) is 0 Å². The fourth-order valence-electron chi connectivity index (χ4n) is 4.35. The Morgan fingerprint density at radius 2 is 1.78 bits per heavy atom. The lowest BCUT2D eigenvalue weighted by molar-refractivity contribution is -0.136. The first-order valence-corrected chi connectivity index (χ1v) is 11.5. The number of amides is 2. The second-order valence-electron chi connectivity index (χ2n) is 8.40. The molecule has 36 heavy (non-hydrogen) atoms. The first-order chi connectivity index (χ1) is 17.3. The van der Waals surface area contributed by atoms with Gasteiger partial charge in [0.2, 0.25) is 0 Å². The number of benzene rings is 2. The molecule has 188 valence electrons. The van der Waals surface area contributed by atoms with Crippen molar-refractivity contribution in [1.82, 2.24) is 15.5 Å². The van der Waals surface area contributed by atoms with E-state index in [0.29, 0.717) is 43.8 Å². The molecular formula is C25H26F3N7O. The van der Waals surface area contributed by atoms with Gasteiger partial charge in [-0.3, -0.25) is 4.99 Å². The van der Waals surface area contributed by atoms with E-state index in [2.05, 4.69) is 30.7 Å². The fourth-order valence-corrected chi connectivity index (χ4v) is 4.35. The standard InChI is InChI=1S/C25H26F3N7O/c1-30-21(10-13-29)22-17-6-2-3-7-18(17)23(34-33-22)35-14-11-16(12-15-35)31-24(36)32-20-9-5-4-8-19(20)25(26,27)28/h2-9,13,16,29H,10-12,14-15H2,1H3,(H2,31,32,36). The number of aliphatic imine (C=N–C) groups is 1. The zero-order valence-electron chi connectivity index (χ0n) is 19.6. The van der Waals surface area contributed by atoms with Crippen LogP contribution in [0.25, 0.3) is 10.8 Å². The van der Waals surface area contributed by atoms with Crippen molar-refractivity contribution < 1.29 is 18.0 Å². The minimum absolute atomic E-state index is 0.191. The summed E-state index contributed by atoms with van der Waals surface area (Å²) in [6.07, 6.45) is -1.72. The van der Waals surface area contributed by atoms with Gasteiger partial charge in [0, 0.05) is 49.6 Å². The second-order valence-corrected chi connectivity index (χ2v) is 8.40. The van der Waals surface area contributed by atoms with Crippen molar-refractivity contribution in [1.29, 1.82) is 5.41 Å². The van der Waals surface area contributed by atoms with Gasteiger partial charge in [-0.05, 0) is 25.0 Å². The molecule has 0 unspecified atom stereocenters. The third-order valence-electron chi connectivity index (χ3n) is 6.12. The lowest BCUT2D eigenvalue weighted by Crippen LogP contribution is -2.46. The summed E-state index contributed by atoms with van der Waals surface area (Å²) in [5.41, 5.74) is 0.162. The van der Waals surface area contributed by atoms with E-state index in [1.54, 1.807) is 7.05 Å². The Labute approximate surface area is 206 Å². The highest BCUT2D eigenvalue weighted by atomic mass is 19.4. The highest BCUT2D eigenvalue weighted by molar-refractivity contribution is 6.14. The molecule has 0 aliphatic carbocycles. The van der Waals surface area contributed by atoms with Crippen LogP contribution in [0.2, 0.25) is 0 Å². The maximum absolute atomic E-state index is 13.2. The Bertz CT molecular complexity index is 1280. The predicted octanol–water partition coefficient (Wildman–Crippen LogP) is 4.90. The molecule has 1 saturated heterocycles. The summed E-state index contributed by atoms with van der Waals surface area (Å²) in [5, 5.41) is 23.2. The van der Waals surface area contributed by atoms with Gasteiger partial charge in [-0.2, -0.15) is 13.2 Å². The van der Waals surface area contributed by atoms with E-state index in [1.165, 1.54) is 24.4 Å². The Morgan fingerprint density at radius 1 is 1.11 bits per heavy atom. The Hall–Kier alpha value is -4.02. The normalized spacial score (nSPS) is 15.1. The van der Waals surface area contributed by atoms with Gasteiger partial charge in [0.05, 0.1) is 17.0 Å². The molecule has 0 saturated carbocycles. The Kier molecular flexibility index (Phi) is 7.47. The van der Waals surface area contributed by atoms with Gasteiger partial charge in [-0.25, -0.2) is 4.79 Å². The molecule has 2 amide bonds. The molecule has 3 aromatic rings. The lowest BCUT2D eigenvalue weighted by atomic mass is 10.0. The number of carbonyl (C=O) groups excluding carboxylic acids is 1. The molecule has 0 spiro atoms. The molecule has 3 N–H and O–H groups in total. The van der Waals surface area contributed by atoms with Gasteiger partial charge in [0.1, 0.15) is 5.69 Å². The Balaban J connectivity index is 1.43. The van der Waals surface area contributed by atoms with Crippen LogP contribution >= 0.6 is 0 Å². The van der Waals surface area contributed by atoms with Crippen LogP contribution in [0.4, 0.5) is 29.5 Å². The van der Waals surface area contributed by atoms with Crippen LogP contribution in [0, 0.1) is 5.41 Å². The summed E-state index contributed by atoms with van der Waals surface area (Å²) >= 11 is 0. The number of fused-ring (bicyclic) bond motifs is 1. The maximum atomic E-state index is 13.2. The maximum Gasteiger partial charge on any atom is 0.418 e. The fraction of sp³-hybridized carbons (Fsp3) is 0.320. The summed E-state index contributed by atoms with van der Waals surface area (Å²) in [7, 11) is 1.67. The summed E-state index contributed by atoms with van der Waals surface area (Å²) in [4.78, 5) is 18.8. The van der Waals surface area contributed by atoms with Crippen molar-refractivity contribution in [3.05, 3.63) is 59.8 Å². The predicted molar refractivity (Wildman–Crippen MR) is 134 cm³/mol. The number of nitrogens with zero attached hydrogens (tertiary/aromatic N) is 4. The minimum atomic E-state index is -4.56. The summed E-state index contributed by atoms with van der Waals surface area (Å²) in [6.45, 7) is 1.19. The average Bonchev–Trinajstić information content (AvgIpc) is 2.87. The van der Waals surface area contributed by atoms with Gasteiger partial charge in [0.15, 0.2) is 5.82 Å². The molecule has 1 aliphatic heterocycles. The molecule has 2 aromatic carbocycles. The summed E-state index contributed by atoms with van der Waals surface area (Å²) < 4.78 is 39.6. The van der Waals surface area contributed by atoms with Crippen LogP contribution in [0.1, 0.15) is 30.5 Å². The Morgan fingerprint density at radius 3 is 2.44 bits per heavy atom. The van der Waals surface area contributed by atoms with E-state index in [9.17, 15) is 18.0 Å². The van der Waals surface area contributed by atoms with Gasteiger partial charge in [-0.15, -0.1) is 10.2 Å². The van der Waals surface area contributed by atoms with Crippen LogP contribution in [0.5, 0.6) is 0 Å². The quantitative estimate of drug-likeness (QED) is 0.421. The third-order valence-corrected chi connectivity index (χ3v) is 6.12.